The molecule has 32 heavy (non-hydrogen) atoms. The summed E-state index contributed by atoms with van der Waals surface area (Å²) in [5.41, 5.74) is -6.38. The van der Waals surface area contributed by atoms with E-state index in [1.165, 1.54) is 18.2 Å². The fourth-order valence-electron chi connectivity index (χ4n) is 2.63. The summed E-state index contributed by atoms with van der Waals surface area (Å²) in [6.07, 6.45) is -12.1. The van der Waals surface area contributed by atoms with Crippen LogP contribution in [0.1, 0.15) is 10.4 Å². The van der Waals surface area contributed by atoms with Crippen LogP contribution >= 0.6 is 0 Å². The minimum atomic E-state index is -6.47. The van der Waals surface area contributed by atoms with Gasteiger partial charge in [-0.1, -0.05) is 30.8 Å². The summed E-state index contributed by atoms with van der Waals surface area (Å²) in [5.74, 6) is -6.34. The topological polar surface area (TPSA) is 107 Å². The normalized spacial score (nSPS) is 13.0. The van der Waals surface area contributed by atoms with Crippen molar-refractivity contribution in [2.75, 3.05) is 5.75 Å². The van der Waals surface area contributed by atoms with E-state index in [9.17, 15) is 44.3 Å². The van der Waals surface area contributed by atoms with Crippen LogP contribution in [0.5, 0.6) is 5.75 Å². The van der Waals surface area contributed by atoms with Crippen molar-refractivity contribution in [2.45, 2.75) is 18.0 Å². The molecule has 14 heteroatoms. The third-order valence-corrected chi connectivity index (χ3v) is 4.82. The van der Waals surface area contributed by atoms with E-state index in [1.807, 2.05) is 0 Å². The molecule has 0 bridgehead atoms. The molecule has 0 aliphatic heterocycles. The highest BCUT2D eigenvalue weighted by Crippen LogP contribution is 2.47. The largest absolute Gasteiger partial charge is 0.438 e. The highest BCUT2D eigenvalue weighted by atomic mass is 32.2. The highest BCUT2D eigenvalue weighted by molar-refractivity contribution is 7.85. The average molecular weight is 486 g/mol. The van der Waals surface area contributed by atoms with E-state index in [2.05, 4.69) is 11.3 Å². The summed E-state index contributed by atoms with van der Waals surface area (Å²) in [4.78, 5) is 23.8. The number of benzene rings is 2. The molecule has 0 aromatic heterocycles. The smallest absolute Gasteiger partial charge is 0.435 e. The molecule has 0 aliphatic carbocycles. The third kappa shape index (κ3) is 5.02. The maximum absolute atomic E-state index is 13.4. The van der Waals surface area contributed by atoms with Crippen molar-refractivity contribution in [1.82, 2.24) is 0 Å². The van der Waals surface area contributed by atoms with Gasteiger partial charge in [0.25, 0.3) is 10.1 Å². The van der Waals surface area contributed by atoms with Gasteiger partial charge in [0.05, 0.1) is 5.56 Å². The summed E-state index contributed by atoms with van der Waals surface area (Å²) >= 11 is 0. The number of hydrogen-bond donors (Lipinski definition) is 1. The van der Waals surface area contributed by atoms with E-state index >= 15 is 0 Å². The highest BCUT2D eigenvalue weighted by Gasteiger charge is 2.76. The lowest BCUT2D eigenvalue weighted by Crippen LogP contribution is -2.63. The predicted molar refractivity (Wildman–Crippen MR) is 96.5 cm³/mol. The van der Waals surface area contributed by atoms with Crippen LogP contribution in [0.3, 0.4) is 0 Å². The molecule has 174 valence electrons. The SMILES string of the molecule is C=CC(=O)Oc1ccc(C(=O)OC(CS(=O)(=O)O)(C(F)(F)F)C(F)(F)F)c2ccccc12. The molecular formula is C18H12F6O7S. The number of alkyl halides is 6. The van der Waals surface area contributed by atoms with Crippen LogP contribution in [-0.4, -0.2) is 48.6 Å². The molecule has 0 aliphatic rings. The zero-order valence-electron chi connectivity index (χ0n) is 15.5. The molecule has 0 spiro atoms. The predicted octanol–water partition coefficient (Wildman–Crippen LogP) is 3.84. The molecule has 7 nitrogen and oxygen atoms in total. The molecule has 0 amide bonds. The fourth-order valence-corrected chi connectivity index (χ4v) is 3.53. The Kier molecular flexibility index (Phi) is 6.62. The Morgan fingerprint density at radius 3 is 1.97 bits per heavy atom. The van der Waals surface area contributed by atoms with Crippen molar-refractivity contribution in [3.8, 4) is 5.75 Å². The van der Waals surface area contributed by atoms with E-state index in [-0.39, 0.29) is 16.5 Å². The summed E-state index contributed by atoms with van der Waals surface area (Å²) < 4.78 is 120. The van der Waals surface area contributed by atoms with Gasteiger partial charge in [-0.2, -0.15) is 34.8 Å². The number of hydrogen-bond acceptors (Lipinski definition) is 6. The molecule has 0 fully saturated rings. The number of fused-ring (bicyclic) bond motifs is 1. The zero-order valence-corrected chi connectivity index (χ0v) is 16.3. The molecule has 2 rings (SSSR count). The van der Waals surface area contributed by atoms with Crippen LogP contribution in [0.4, 0.5) is 26.3 Å². The Morgan fingerprint density at radius 1 is 0.969 bits per heavy atom. The summed E-state index contributed by atoms with van der Waals surface area (Å²) in [7, 11) is -5.93. The summed E-state index contributed by atoms with van der Waals surface area (Å²) in [6, 6.07) is 6.64. The van der Waals surface area contributed by atoms with Crippen molar-refractivity contribution >= 4 is 32.8 Å². The lowest BCUT2D eigenvalue weighted by Gasteiger charge is -2.35. The number of rotatable bonds is 6. The zero-order chi connectivity index (χ0) is 24.5. The van der Waals surface area contributed by atoms with Crippen LogP contribution in [0, 0.1) is 0 Å². The van der Waals surface area contributed by atoms with Crippen LogP contribution in [0.2, 0.25) is 0 Å². The number of ether oxygens (including phenoxy) is 2. The maximum Gasteiger partial charge on any atom is 0.438 e. The van der Waals surface area contributed by atoms with Crippen LogP contribution in [-0.2, 0) is 19.6 Å². The minimum Gasteiger partial charge on any atom is -0.435 e. The van der Waals surface area contributed by atoms with E-state index in [0.717, 1.165) is 24.3 Å². The van der Waals surface area contributed by atoms with Gasteiger partial charge in [0.15, 0.2) is 0 Å². The van der Waals surface area contributed by atoms with Gasteiger partial charge < -0.3 is 9.47 Å². The Labute approximate surface area is 176 Å². The van der Waals surface area contributed by atoms with Gasteiger partial charge in [-0.15, -0.1) is 0 Å². The van der Waals surface area contributed by atoms with E-state index < -0.39 is 51.3 Å². The number of carbonyl (C=O) groups excluding carboxylic acids is 2. The molecule has 2 aromatic rings. The van der Waals surface area contributed by atoms with Crippen molar-refractivity contribution < 1.29 is 58.4 Å². The average Bonchev–Trinajstić information content (AvgIpc) is 2.64. The van der Waals surface area contributed by atoms with E-state index in [0.29, 0.717) is 0 Å². The van der Waals surface area contributed by atoms with Gasteiger partial charge in [-0.05, 0) is 17.5 Å². The lowest BCUT2D eigenvalue weighted by atomic mass is 10.0. The molecule has 0 radical (unpaired) electrons. The Balaban J connectivity index is 2.66. The Bertz CT molecular complexity index is 1150. The van der Waals surface area contributed by atoms with Gasteiger partial charge in [0, 0.05) is 11.5 Å². The van der Waals surface area contributed by atoms with E-state index in [4.69, 9.17) is 9.29 Å². The van der Waals surface area contributed by atoms with Gasteiger partial charge in [-0.3, -0.25) is 4.55 Å². The molecule has 0 unspecified atom stereocenters. The molecule has 0 saturated heterocycles. The molecular weight excluding hydrogens is 474 g/mol. The van der Waals surface area contributed by atoms with Crippen LogP contribution in [0.15, 0.2) is 49.1 Å². The standard InChI is InChI=1S/C18H12F6O7S/c1-2-14(25)30-13-8-7-12(10-5-3-4-6-11(10)13)15(26)31-16(17(19,20)21,18(22,23)24)9-32(27,28)29/h2-8H,1,9H2,(H,27,28,29). The Hall–Kier alpha value is -3.13. The van der Waals surface area contributed by atoms with Crippen molar-refractivity contribution in [3.63, 3.8) is 0 Å². The van der Waals surface area contributed by atoms with Crippen molar-refractivity contribution in [3.05, 3.63) is 54.6 Å². The van der Waals surface area contributed by atoms with E-state index in [1.54, 1.807) is 0 Å². The van der Waals surface area contributed by atoms with Gasteiger partial charge in [0.2, 0.25) is 0 Å². The van der Waals surface area contributed by atoms with Gasteiger partial charge >= 0.3 is 29.9 Å². The molecule has 0 heterocycles. The van der Waals surface area contributed by atoms with Crippen molar-refractivity contribution in [1.29, 1.82) is 0 Å². The third-order valence-electron chi connectivity index (χ3n) is 4.05. The summed E-state index contributed by atoms with van der Waals surface area (Å²) in [6.45, 7) is 3.17. The molecule has 1 N–H and O–H groups in total. The number of carbonyl (C=O) groups is 2. The second-order valence-corrected chi connectivity index (χ2v) is 7.67. The van der Waals surface area contributed by atoms with Gasteiger partial charge in [-0.25, -0.2) is 9.59 Å². The second kappa shape index (κ2) is 8.43. The first-order chi connectivity index (χ1) is 14.5. The fraction of sp³-hybridized carbons (Fsp3) is 0.222. The monoisotopic (exact) mass is 486 g/mol. The van der Waals surface area contributed by atoms with Gasteiger partial charge in [0.1, 0.15) is 11.5 Å². The number of esters is 2. The lowest BCUT2D eigenvalue weighted by molar-refractivity contribution is -0.356. The molecule has 0 saturated carbocycles. The first-order valence-electron chi connectivity index (χ1n) is 8.20. The maximum atomic E-state index is 13.4. The summed E-state index contributed by atoms with van der Waals surface area (Å²) in [5, 5.41) is -0.325. The van der Waals surface area contributed by atoms with Crippen LogP contribution in [0.25, 0.3) is 10.8 Å². The molecule has 2 aromatic carbocycles. The van der Waals surface area contributed by atoms with Crippen LogP contribution < -0.4 is 4.74 Å². The Morgan fingerprint density at radius 2 is 1.50 bits per heavy atom. The first kappa shape index (κ1) is 25.1. The minimum absolute atomic E-state index is 0.0588. The van der Waals surface area contributed by atoms with Crippen molar-refractivity contribution in [2.24, 2.45) is 0 Å². The first-order valence-corrected chi connectivity index (χ1v) is 9.81. The quantitative estimate of drug-likeness (QED) is 0.217. The number of halogens is 6. The second-order valence-electron chi connectivity index (χ2n) is 6.22. The molecule has 0 atom stereocenters.